The number of nitrogens with zero attached hydrogens (tertiary/aromatic N) is 1. The van der Waals surface area contributed by atoms with Crippen molar-refractivity contribution in [2.45, 2.75) is 44.6 Å². The van der Waals surface area contributed by atoms with Gasteiger partial charge < -0.3 is 10.6 Å². The van der Waals surface area contributed by atoms with E-state index >= 15 is 0 Å². The molecule has 3 heteroatoms. The molecule has 1 fully saturated rings. The largest absolute Gasteiger partial charge is 0.346 e. The van der Waals surface area contributed by atoms with E-state index in [9.17, 15) is 4.79 Å². The molecule has 0 aliphatic heterocycles. The van der Waals surface area contributed by atoms with Gasteiger partial charge in [-0.05, 0) is 44.1 Å². The summed E-state index contributed by atoms with van der Waals surface area (Å²) in [6.45, 7) is 0.844. The maximum absolute atomic E-state index is 12.3. The molecule has 0 heterocycles. The highest BCUT2D eigenvalue weighted by atomic mass is 16.2. The molecule has 1 aromatic carbocycles. The summed E-state index contributed by atoms with van der Waals surface area (Å²) in [5.41, 5.74) is 7.24. The molecule has 0 spiro atoms. The third kappa shape index (κ3) is 4.34. The van der Waals surface area contributed by atoms with Gasteiger partial charge in [0.1, 0.15) is 0 Å². The quantitative estimate of drug-likeness (QED) is 0.897. The summed E-state index contributed by atoms with van der Waals surface area (Å²) in [6, 6.07) is 10.8. The topological polar surface area (TPSA) is 46.3 Å². The molecule has 1 aromatic rings. The van der Waals surface area contributed by atoms with Gasteiger partial charge >= 0.3 is 0 Å². The first kappa shape index (κ1) is 15.0. The van der Waals surface area contributed by atoms with Crippen LogP contribution in [0, 0.1) is 5.92 Å². The van der Waals surface area contributed by atoms with Crippen LogP contribution >= 0.6 is 0 Å². The molecule has 1 amide bonds. The molecular formula is C17H26N2O. The van der Waals surface area contributed by atoms with E-state index in [1.807, 2.05) is 18.0 Å². The van der Waals surface area contributed by atoms with E-state index in [4.69, 9.17) is 5.73 Å². The third-order valence-corrected chi connectivity index (χ3v) is 4.30. The van der Waals surface area contributed by atoms with Gasteiger partial charge in [0.15, 0.2) is 0 Å². The molecule has 0 bridgehead atoms. The molecule has 1 aliphatic carbocycles. The fraction of sp³-hybridized carbons (Fsp3) is 0.588. The zero-order chi connectivity index (χ0) is 14.4. The van der Waals surface area contributed by atoms with Crippen LogP contribution in [0.15, 0.2) is 30.3 Å². The maximum Gasteiger partial charge on any atom is 0.225 e. The summed E-state index contributed by atoms with van der Waals surface area (Å²) in [4.78, 5) is 14.2. The van der Waals surface area contributed by atoms with E-state index in [0.717, 1.165) is 45.1 Å². The highest BCUT2D eigenvalue weighted by molar-refractivity contribution is 5.78. The van der Waals surface area contributed by atoms with E-state index in [1.54, 1.807) is 0 Å². The lowest BCUT2D eigenvalue weighted by Gasteiger charge is -2.29. The van der Waals surface area contributed by atoms with Crippen LogP contribution in [0.4, 0.5) is 0 Å². The Morgan fingerprint density at radius 2 is 1.85 bits per heavy atom. The zero-order valence-electron chi connectivity index (χ0n) is 12.4. The van der Waals surface area contributed by atoms with Gasteiger partial charge in [-0.3, -0.25) is 4.79 Å². The van der Waals surface area contributed by atoms with Crippen molar-refractivity contribution in [3.8, 4) is 0 Å². The third-order valence-electron chi connectivity index (χ3n) is 4.30. The Morgan fingerprint density at radius 1 is 1.20 bits per heavy atom. The molecule has 0 radical (unpaired) electrons. The molecule has 2 N–H and O–H groups in total. The van der Waals surface area contributed by atoms with Crippen LogP contribution in [0.3, 0.4) is 0 Å². The summed E-state index contributed by atoms with van der Waals surface area (Å²) >= 11 is 0. The maximum atomic E-state index is 12.3. The second-order valence-corrected chi connectivity index (χ2v) is 5.96. The lowest BCUT2D eigenvalue weighted by molar-refractivity contribution is -0.135. The Labute approximate surface area is 122 Å². The minimum Gasteiger partial charge on any atom is -0.346 e. The van der Waals surface area contributed by atoms with Gasteiger partial charge in [-0.15, -0.1) is 0 Å². The molecule has 0 unspecified atom stereocenters. The Balaban J connectivity index is 1.71. The standard InChI is InChI=1S/C17H26N2O/c1-19(13-5-8-14-6-3-2-4-7-14)17(20)15-9-11-16(18)12-10-15/h2-4,6-7,15-16H,5,8-13,18H2,1H3. The van der Waals surface area contributed by atoms with Crippen LogP contribution in [0.2, 0.25) is 0 Å². The molecule has 1 saturated carbocycles. The molecule has 0 saturated heterocycles. The second-order valence-electron chi connectivity index (χ2n) is 5.96. The molecule has 20 heavy (non-hydrogen) atoms. The smallest absolute Gasteiger partial charge is 0.225 e. The first-order chi connectivity index (χ1) is 9.66. The molecule has 110 valence electrons. The lowest BCUT2D eigenvalue weighted by atomic mass is 9.85. The predicted octanol–water partition coefficient (Wildman–Crippen LogP) is 2.60. The van der Waals surface area contributed by atoms with E-state index in [0.29, 0.717) is 11.9 Å². The summed E-state index contributed by atoms with van der Waals surface area (Å²) < 4.78 is 0. The van der Waals surface area contributed by atoms with Gasteiger partial charge in [0.2, 0.25) is 5.91 Å². The van der Waals surface area contributed by atoms with Crippen LogP contribution in [0.1, 0.15) is 37.7 Å². The van der Waals surface area contributed by atoms with Crippen molar-refractivity contribution in [1.29, 1.82) is 0 Å². The number of carbonyl (C=O) groups is 1. The van der Waals surface area contributed by atoms with Crippen molar-refractivity contribution in [2.24, 2.45) is 11.7 Å². The van der Waals surface area contributed by atoms with E-state index < -0.39 is 0 Å². The van der Waals surface area contributed by atoms with Gasteiger partial charge in [-0.1, -0.05) is 30.3 Å². The summed E-state index contributed by atoms with van der Waals surface area (Å²) in [5, 5.41) is 0. The van der Waals surface area contributed by atoms with Crippen molar-refractivity contribution >= 4 is 5.91 Å². The molecular weight excluding hydrogens is 248 g/mol. The summed E-state index contributed by atoms with van der Waals surface area (Å²) in [7, 11) is 1.93. The molecule has 1 aliphatic rings. The summed E-state index contributed by atoms with van der Waals surface area (Å²) in [5.74, 6) is 0.515. The highest BCUT2D eigenvalue weighted by Crippen LogP contribution is 2.24. The van der Waals surface area contributed by atoms with E-state index in [1.165, 1.54) is 5.56 Å². The second kappa shape index (κ2) is 7.44. The molecule has 3 nitrogen and oxygen atoms in total. The van der Waals surface area contributed by atoms with Crippen molar-refractivity contribution in [3.63, 3.8) is 0 Å². The normalized spacial score (nSPS) is 22.5. The van der Waals surface area contributed by atoms with Crippen LogP contribution in [0.5, 0.6) is 0 Å². The highest BCUT2D eigenvalue weighted by Gasteiger charge is 2.26. The Kier molecular flexibility index (Phi) is 5.60. The Bertz CT molecular complexity index is 410. The zero-order valence-corrected chi connectivity index (χ0v) is 12.4. The Hall–Kier alpha value is -1.35. The van der Waals surface area contributed by atoms with Gasteiger partial charge in [0, 0.05) is 25.6 Å². The molecule has 2 rings (SSSR count). The fourth-order valence-electron chi connectivity index (χ4n) is 2.95. The van der Waals surface area contributed by atoms with Crippen molar-refractivity contribution in [1.82, 2.24) is 4.90 Å². The lowest BCUT2D eigenvalue weighted by Crippen LogP contribution is -2.37. The van der Waals surface area contributed by atoms with Crippen molar-refractivity contribution < 1.29 is 4.79 Å². The fourth-order valence-corrected chi connectivity index (χ4v) is 2.95. The number of nitrogens with two attached hydrogens (primary N) is 1. The van der Waals surface area contributed by atoms with Crippen LogP contribution < -0.4 is 5.73 Å². The first-order valence-electron chi connectivity index (χ1n) is 7.71. The van der Waals surface area contributed by atoms with Crippen molar-refractivity contribution in [2.75, 3.05) is 13.6 Å². The monoisotopic (exact) mass is 274 g/mol. The number of benzene rings is 1. The van der Waals surface area contributed by atoms with Crippen molar-refractivity contribution in [3.05, 3.63) is 35.9 Å². The average molecular weight is 274 g/mol. The number of aryl methyl sites for hydroxylation is 1. The Morgan fingerprint density at radius 3 is 2.50 bits per heavy atom. The molecule has 0 atom stereocenters. The van der Waals surface area contributed by atoms with Crippen LogP contribution in [0.25, 0.3) is 0 Å². The predicted molar refractivity (Wildman–Crippen MR) is 82.3 cm³/mol. The van der Waals surface area contributed by atoms with Gasteiger partial charge in [0.05, 0.1) is 0 Å². The number of carbonyl (C=O) groups excluding carboxylic acids is 1. The minimum atomic E-state index is 0.205. The van der Waals surface area contributed by atoms with Crippen LogP contribution in [-0.2, 0) is 11.2 Å². The van der Waals surface area contributed by atoms with Gasteiger partial charge in [-0.2, -0.15) is 0 Å². The van der Waals surface area contributed by atoms with Gasteiger partial charge in [0.25, 0.3) is 0 Å². The van der Waals surface area contributed by atoms with E-state index in [-0.39, 0.29) is 5.92 Å². The van der Waals surface area contributed by atoms with Crippen LogP contribution in [-0.4, -0.2) is 30.4 Å². The van der Waals surface area contributed by atoms with Gasteiger partial charge in [-0.25, -0.2) is 0 Å². The SMILES string of the molecule is CN(CCCc1ccccc1)C(=O)C1CCC(N)CC1. The summed E-state index contributed by atoms with van der Waals surface area (Å²) in [6.07, 6.45) is 5.97. The first-order valence-corrected chi connectivity index (χ1v) is 7.71. The number of rotatable bonds is 5. The number of hydrogen-bond donors (Lipinski definition) is 1. The number of hydrogen-bond acceptors (Lipinski definition) is 2. The average Bonchev–Trinajstić information content (AvgIpc) is 2.48. The molecule has 0 aromatic heterocycles. The number of amides is 1. The van der Waals surface area contributed by atoms with E-state index in [2.05, 4.69) is 24.3 Å². The minimum absolute atomic E-state index is 0.205.